The highest BCUT2D eigenvalue weighted by molar-refractivity contribution is 5.07. The fourth-order valence-electron chi connectivity index (χ4n) is 1.39. The number of nitrogens with zero attached hydrogens (tertiary/aromatic N) is 2. The van der Waals surface area contributed by atoms with E-state index in [1.807, 2.05) is 0 Å². The van der Waals surface area contributed by atoms with Crippen LogP contribution in [0.25, 0.3) is 0 Å². The maximum atomic E-state index is 5.58. The maximum Gasteiger partial charge on any atom is 0.115 e. The zero-order valence-electron chi connectivity index (χ0n) is 7.71. The third-order valence-corrected chi connectivity index (χ3v) is 2.20. The molecule has 12 heavy (non-hydrogen) atoms. The van der Waals surface area contributed by atoms with Crippen LogP contribution in [0.4, 0.5) is 0 Å². The van der Waals surface area contributed by atoms with Crippen molar-refractivity contribution >= 4 is 0 Å². The van der Waals surface area contributed by atoms with Crippen LogP contribution in [-0.2, 0) is 0 Å². The number of hydrogen-bond donors (Lipinski definition) is 1. The maximum absolute atomic E-state index is 5.58. The van der Waals surface area contributed by atoms with Crippen LogP contribution < -0.4 is 5.84 Å². The van der Waals surface area contributed by atoms with Crippen LogP contribution in [0.3, 0.4) is 0 Å². The number of piperidine rings is 1. The lowest BCUT2D eigenvalue weighted by Gasteiger charge is -2.34. The number of hydrogen-bond acceptors (Lipinski definition) is 3. The Bertz CT molecular complexity index is 196. The lowest BCUT2D eigenvalue weighted by atomic mass is 10.1. The van der Waals surface area contributed by atoms with Gasteiger partial charge in [-0.1, -0.05) is 13.2 Å². The first-order valence-corrected chi connectivity index (χ1v) is 4.25. The number of rotatable bonds is 2. The standard InChI is InChI=1S/C9H17N3/c1-8-6-4-5-7-12(8)9(2)11(3)10/h1-2,4-7,10H2,3H3. The van der Waals surface area contributed by atoms with Gasteiger partial charge in [0.05, 0.1) is 0 Å². The first kappa shape index (κ1) is 9.13. The van der Waals surface area contributed by atoms with E-state index in [-0.39, 0.29) is 0 Å². The minimum atomic E-state index is 0.833. The zero-order chi connectivity index (χ0) is 9.14. The Hall–Kier alpha value is -0.960. The Balaban J connectivity index is 2.60. The highest BCUT2D eigenvalue weighted by Gasteiger charge is 2.16. The predicted octanol–water partition coefficient (Wildman–Crippen LogP) is 1.26. The summed E-state index contributed by atoms with van der Waals surface area (Å²) in [6.45, 7) is 8.88. The molecule has 0 aromatic carbocycles. The van der Waals surface area contributed by atoms with Crippen LogP contribution in [0.2, 0.25) is 0 Å². The molecule has 0 saturated carbocycles. The smallest absolute Gasteiger partial charge is 0.115 e. The second-order valence-corrected chi connectivity index (χ2v) is 3.20. The van der Waals surface area contributed by atoms with E-state index >= 15 is 0 Å². The van der Waals surface area contributed by atoms with Crippen LogP contribution >= 0.6 is 0 Å². The lowest BCUT2D eigenvalue weighted by molar-refractivity contribution is 0.253. The van der Waals surface area contributed by atoms with Gasteiger partial charge < -0.3 is 4.90 Å². The molecule has 1 aliphatic rings. The molecule has 1 rings (SSSR count). The van der Waals surface area contributed by atoms with Crippen molar-refractivity contribution in [2.24, 2.45) is 5.84 Å². The molecule has 0 bridgehead atoms. The van der Waals surface area contributed by atoms with Crippen molar-refractivity contribution in [2.75, 3.05) is 13.6 Å². The van der Waals surface area contributed by atoms with E-state index in [9.17, 15) is 0 Å². The largest absolute Gasteiger partial charge is 0.332 e. The predicted molar refractivity (Wildman–Crippen MR) is 50.8 cm³/mol. The Labute approximate surface area is 74.1 Å². The minimum Gasteiger partial charge on any atom is -0.332 e. The summed E-state index contributed by atoms with van der Waals surface area (Å²) in [6, 6.07) is 0. The summed E-state index contributed by atoms with van der Waals surface area (Å²) >= 11 is 0. The topological polar surface area (TPSA) is 32.5 Å². The summed E-state index contributed by atoms with van der Waals surface area (Å²) in [5.74, 6) is 6.41. The third-order valence-electron chi connectivity index (χ3n) is 2.20. The average Bonchev–Trinajstić information content (AvgIpc) is 2.04. The van der Waals surface area contributed by atoms with Gasteiger partial charge in [0, 0.05) is 19.3 Å². The highest BCUT2D eigenvalue weighted by atomic mass is 15.5. The van der Waals surface area contributed by atoms with Crippen molar-refractivity contribution < 1.29 is 0 Å². The van der Waals surface area contributed by atoms with Crippen LogP contribution in [0.1, 0.15) is 19.3 Å². The molecule has 0 unspecified atom stereocenters. The van der Waals surface area contributed by atoms with Crippen molar-refractivity contribution in [1.29, 1.82) is 0 Å². The molecule has 0 amide bonds. The summed E-state index contributed by atoms with van der Waals surface area (Å²) < 4.78 is 0. The molecular formula is C9H17N3. The molecule has 2 N–H and O–H groups in total. The van der Waals surface area contributed by atoms with Crippen LogP contribution in [0, 0.1) is 0 Å². The molecule has 1 fully saturated rings. The van der Waals surface area contributed by atoms with Crippen LogP contribution in [0.15, 0.2) is 24.7 Å². The second-order valence-electron chi connectivity index (χ2n) is 3.20. The van der Waals surface area contributed by atoms with Gasteiger partial charge in [0.1, 0.15) is 5.82 Å². The van der Waals surface area contributed by atoms with Crippen molar-refractivity contribution in [1.82, 2.24) is 9.91 Å². The third kappa shape index (κ3) is 1.80. The number of nitrogens with two attached hydrogens (primary N) is 1. The van der Waals surface area contributed by atoms with E-state index < -0.39 is 0 Å². The van der Waals surface area contributed by atoms with E-state index in [0.29, 0.717) is 0 Å². The normalized spacial score (nSPS) is 17.8. The summed E-state index contributed by atoms with van der Waals surface area (Å²) in [4.78, 5) is 2.09. The fourth-order valence-corrected chi connectivity index (χ4v) is 1.39. The average molecular weight is 167 g/mol. The van der Waals surface area contributed by atoms with E-state index in [1.165, 1.54) is 17.9 Å². The molecule has 0 spiro atoms. The SMILES string of the molecule is C=C1CCCCN1C(=C)N(C)N. The molecule has 68 valence electrons. The first-order chi connectivity index (χ1) is 5.63. The Morgan fingerprint density at radius 1 is 1.58 bits per heavy atom. The summed E-state index contributed by atoms with van der Waals surface area (Å²) in [5, 5.41) is 1.54. The Morgan fingerprint density at radius 3 is 2.75 bits per heavy atom. The molecule has 0 aliphatic carbocycles. The summed E-state index contributed by atoms with van der Waals surface area (Å²) in [7, 11) is 1.80. The van der Waals surface area contributed by atoms with Crippen molar-refractivity contribution in [3.63, 3.8) is 0 Å². The molecular weight excluding hydrogens is 150 g/mol. The van der Waals surface area contributed by atoms with Gasteiger partial charge in [0.25, 0.3) is 0 Å². The summed E-state index contributed by atoms with van der Waals surface area (Å²) in [6.07, 6.45) is 3.50. The van der Waals surface area contributed by atoms with Gasteiger partial charge >= 0.3 is 0 Å². The first-order valence-electron chi connectivity index (χ1n) is 4.25. The number of allylic oxidation sites excluding steroid dienone is 1. The van der Waals surface area contributed by atoms with E-state index in [4.69, 9.17) is 5.84 Å². The molecule has 1 heterocycles. The molecule has 3 nitrogen and oxygen atoms in total. The van der Waals surface area contributed by atoms with Crippen molar-refractivity contribution in [3.05, 3.63) is 24.7 Å². The lowest BCUT2D eigenvalue weighted by Crippen LogP contribution is -2.37. The summed E-state index contributed by atoms with van der Waals surface area (Å²) in [5.41, 5.74) is 1.13. The van der Waals surface area contributed by atoms with Crippen molar-refractivity contribution in [3.8, 4) is 0 Å². The molecule has 0 atom stereocenters. The Morgan fingerprint density at radius 2 is 2.25 bits per heavy atom. The number of likely N-dealkylation sites (tertiary alicyclic amines) is 1. The zero-order valence-corrected chi connectivity index (χ0v) is 7.71. The molecule has 1 saturated heterocycles. The molecule has 3 heteroatoms. The second kappa shape index (κ2) is 3.63. The quantitative estimate of drug-likeness (QED) is 0.496. The van der Waals surface area contributed by atoms with Crippen LogP contribution in [-0.4, -0.2) is 23.5 Å². The van der Waals surface area contributed by atoms with Gasteiger partial charge in [-0.25, -0.2) is 5.84 Å². The van der Waals surface area contributed by atoms with E-state index in [0.717, 1.165) is 24.5 Å². The molecule has 1 aliphatic heterocycles. The van der Waals surface area contributed by atoms with Crippen LogP contribution in [0.5, 0.6) is 0 Å². The van der Waals surface area contributed by atoms with Gasteiger partial charge in [-0.3, -0.25) is 5.01 Å². The van der Waals surface area contributed by atoms with Gasteiger partial charge in [-0.15, -0.1) is 0 Å². The monoisotopic (exact) mass is 167 g/mol. The van der Waals surface area contributed by atoms with Gasteiger partial charge in [-0.05, 0) is 19.3 Å². The van der Waals surface area contributed by atoms with Gasteiger partial charge in [-0.2, -0.15) is 0 Å². The van der Waals surface area contributed by atoms with E-state index in [1.54, 1.807) is 7.05 Å². The molecule has 0 aromatic rings. The minimum absolute atomic E-state index is 0.833. The van der Waals surface area contributed by atoms with E-state index in [2.05, 4.69) is 18.1 Å². The number of hydrazine groups is 1. The van der Waals surface area contributed by atoms with Gasteiger partial charge in [0.15, 0.2) is 0 Å². The fraction of sp³-hybridized carbons (Fsp3) is 0.556. The highest BCUT2D eigenvalue weighted by Crippen LogP contribution is 2.22. The van der Waals surface area contributed by atoms with Gasteiger partial charge in [0.2, 0.25) is 0 Å². The van der Waals surface area contributed by atoms with Crippen molar-refractivity contribution in [2.45, 2.75) is 19.3 Å². The Kier molecular flexibility index (Phi) is 2.76. The molecule has 0 aromatic heterocycles. The molecule has 0 radical (unpaired) electrons.